The first-order valence-electron chi connectivity index (χ1n) is 9.40. The maximum absolute atomic E-state index is 13.3. The van der Waals surface area contributed by atoms with Gasteiger partial charge in [0.15, 0.2) is 0 Å². The van der Waals surface area contributed by atoms with E-state index in [2.05, 4.69) is 10.5 Å². The maximum Gasteiger partial charge on any atom is 0.416 e. The molecule has 3 aromatic rings. The molecule has 0 aliphatic heterocycles. The average molecular weight is 496 g/mol. The lowest BCUT2D eigenvalue weighted by Crippen LogP contribution is -2.40. The van der Waals surface area contributed by atoms with E-state index in [9.17, 15) is 26.4 Å². The van der Waals surface area contributed by atoms with Crippen molar-refractivity contribution in [2.45, 2.75) is 11.1 Å². The van der Waals surface area contributed by atoms with Gasteiger partial charge in [-0.25, -0.2) is 13.8 Å². The van der Waals surface area contributed by atoms with Crippen LogP contribution >= 0.6 is 11.6 Å². The van der Waals surface area contributed by atoms with Crippen LogP contribution in [0.1, 0.15) is 11.1 Å². The molecule has 0 spiro atoms. The molecule has 0 aliphatic rings. The van der Waals surface area contributed by atoms with E-state index in [1.807, 2.05) is 0 Å². The molecule has 172 valence electrons. The fraction of sp³-hybridized carbons (Fsp3) is 0.0909. The number of hydrogen-bond donors (Lipinski definition) is 1. The summed E-state index contributed by atoms with van der Waals surface area (Å²) in [5.41, 5.74) is 1.25. The van der Waals surface area contributed by atoms with Crippen LogP contribution < -0.4 is 9.73 Å². The lowest BCUT2D eigenvalue weighted by atomic mass is 10.2. The molecule has 3 rings (SSSR count). The van der Waals surface area contributed by atoms with Gasteiger partial charge in [-0.3, -0.25) is 9.10 Å². The minimum absolute atomic E-state index is 0.223. The van der Waals surface area contributed by atoms with Gasteiger partial charge in [0, 0.05) is 0 Å². The SMILES string of the molecule is O=C(CN(c1cc(C(F)(F)F)ccc1Cl)S(=O)(=O)c1ccccc1)N/N=C/c1ccccc1. The number of nitrogens with zero attached hydrogens (tertiary/aromatic N) is 2. The van der Waals surface area contributed by atoms with Crippen LogP contribution in [0.4, 0.5) is 18.9 Å². The van der Waals surface area contributed by atoms with Crippen molar-refractivity contribution >= 4 is 39.4 Å². The summed E-state index contributed by atoms with van der Waals surface area (Å²) in [7, 11) is -4.44. The van der Waals surface area contributed by atoms with Crippen molar-refractivity contribution in [1.82, 2.24) is 5.43 Å². The van der Waals surface area contributed by atoms with Gasteiger partial charge in [-0.2, -0.15) is 18.3 Å². The summed E-state index contributed by atoms with van der Waals surface area (Å²) < 4.78 is 66.8. The Morgan fingerprint density at radius 3 is 2.21 bits per heavy atom. The number of sulfonamides is 1. The molecule has 0 saturated heterocycles. The molecule has 0 unspecified atom stereocenters. The first kappa shape index (κ1) is 24.3. The summed E-state index contributed by atoms with van der Waals surface area (Å²) in [6, 6.07) is 18.0. The van der Waals surface area contributed by atoms with Crippen molar-refractivity contribution in [3.8, 4) is 0 Å². The minimum atomic E-state index is -4.75. The highest BCUT2D eigenvalue weighted by molar-refractivity contribution is 7.92. The summed E-state index contributed by atoms with van der Waals surface area (Å²) in [5, 5.41) is 3.49. The van der Waals surface area contributed by atoms with Crippen LogP contribution in [-0.2, 0) is 21.0 Å². The number of anilines is 1. The first-order chi connectivity index (χ1) is 15.6. The summed E-state index contributed by atoms with van der Waals surface area (Å²) in [4.78, 5) is 12.3. The van der Waals surface area contributed by atoms with Gasteiger partial charge in [0.05, 0.1) is 27.4 Å². The fourth-order valence-electron chi connectivity index (χ4n) is 2.78. The Hall–Kier alpha value is -3.37. The Morgan fingerprint density at radius 2 is 1.61 bits per heavy atom. The Morgan fingerprint density at radius 1 is 1.00 bits per heavy atom. The van der Waals surface area contributed by atoms with Gasteiger partial charge in [-0.1, -0.05) is 60.1 Å². The third-order valence-electron chi connectivity index (χ3n) is 4.36. The van der Waals surface area contributed by atoms with Gasteiger partial charge in [-0.15, -0.1) is 0 Å². The van der Waals surface area contributed by atoms with Crippen molar-refractivity contribution in [3.05, 3.63) is 95.0 Å². The van der Waals surface area contributed by atoms with Crippen LogP contribution in [0, 0.1) is 0 Å². The van der Waals surface area contributed by atoms with Crippen LogP contribution in [0.5, 0.6) is 0 Å². The highest BCUT2D eigenvalue weighted by Crippen LogP contribution is 2.37. The highest BCUT2D eigenvalue weighted by atomic mass is 35.5. The Labute approximate surface area is 193 Å². The number of carbonyl (C=O) groups is 1. The largest absolute Gasteiger partial charge is 0.416 e. The maximum atomic E-state index is 13.3. The van der Waals surface area contributed by atoms with E-state index in [1.54, 1.807) is 36.4 Å². The number of rotatable bonds is 7. The van der Waals surface area contributed by atoms with E-state index in [0.717, 1.165) is 12.1 Å². The van der Waals surface area contributed by atoms with Crippen molar-refractivity contribution in [3.63, 3.8) is 0 Å². The molecule has 33 heavy (non-hydrogen) atoms. The number of alkyl halides is 3. The number of nitrogens with one attached hydrogen (secondary N) is 1. The zero-order valence-electron chi connectivity index (χ0n) is 16.8. The molecule has 0 fully saturated rings. The summed E-state index contributed by atoms with van der Waals surface area (Å²) in [5.74, 6) is -0.879. The number of halogens is 4. The van der Waals surface area contributed by atoms with Gasteiger partial charge >= 0.3 is 6.18 Å². The third kappa shape index (κ3) is 6.11. The Kier molecular flexibility index (Phi) is 7.39. The summed E-state index contributed by atoms with van der Waals surface area (Å²) in [6.07, 6.45) is -3.41. The van der Waals surface area contributed by atoms with Gasteiger partial charge < -0.3 is 0 Å². The van der Waals surface area contributed by atoms with E-state index >= 15 is 0 Å². The average Bonchev–Trinajstić information content (AvgIpc) is 2.78. The van der Waals surface area contributed by atoms with Crippen molar-refractivity contribution < 1.29 is 26.4 Å². The minimum Gasteiger partial charge on any atom is -0.271 e. The van der Waals surface area contributed by atoms with Gasteiger partial charge in [0.2, 0.25) is 0 Å². The van der Waals surface area contributed by atoms with Gasteiger partial charge in [0.25, 0.3) is 15.9 Å². The van der Waals surface area contributed by atoms with Crippen LogP contribution in [-0.4, -0.2) is 27.1 Å². The summed E-state index contributed by atoms with van der Waals surface area (Å²) >= 11 is 6.07. The molecule has 1 amide bonds. The van der Waals surface area contributed by atoms with E-state index in [0.29, 0.717) is 15.9 Å². The predicted octanol–water partition coefficient (Wildman–Crippen LogP) is 4.70. The smallest absolute Gasteiger partial charge is 0.271 e. The standard InChI is InChI=1S/C22H17ClF3N3O3S/c23-19-12-11-17(22(24,25)26)13-20(19)29(33(31,32)18-9-5-2-6-10-18)15-21(30)28-27-14-16-7-3-1-4-8-16/h1-14H,15H2,(H,28,30)/b27-14+. The molecule has 0 aromatic heterocycles. The Bertz CT molecular complexity index is 1250. The zero-order chi connectivity index (χ0) is 24.1. The number of benzene rings is 3. The van der Waals surface area contributed by atoms with E-state index in [-0.39, 0.29) is 9.92 Å². The molecule has 0 aliphatic carbocycles. The molecule has 1 N–H and O–H groups in total. The number of amides is 1. The highest BCUT2D eigenvalue weighted by Gasteiger charge is 2.34. The summed E-state index contributed by atoms with van der Waals surface area (Å²) in [6.45, 7) is -0.857. The monoisotopic (exact) mass is 495 g/mol. The second-order valence-electron chi connectivity index (χ2n) is 6.69. The number of hydrazone groups is 1. The van der Waals surface area contributed by atoms with Crippen molar-refractivity contribution in [2.75, 3.05) is 10.8 Å². The first-order valence-corrected chi connectivity index (χ1v) is 11.2. The quantitative estimate of drug-likeness (QED) is 0.381. The van der Waals surface area contributed by atoms with Gasteiger partial charge in [-0.05, 0) is 35.9 Å². The molecular formula is C22H17ClF3N3O3S. The van der Waals surface area contributed by atoms with Gasteiger partial charge in [0.1, 0.15) is 6.54 Å². The second kappa shape index (κ2) is 10.1. The second-order valence-corrected chi connectivity index (χ2v) is 8.96. The van der Waals surface area contributed by atoms with E-state index in [1.165, 1.54) is 30.5 Å². The normalized spacial score (nSPS) is 12.0. The predicted molar refractivity (Wildman–Crippen MR) is 120 cm³/mol. The van der Waals surface area contributed by atoms with Crippen molar-refractivity contribution in [2.24, 2.45) is 5.10 Å². The lowest BCUT2D eigenvalue weighted by Gasteiger charge is -2.25. The molecule has 0 saturated carbocycles. The molecule has 3 aromatic carbocycles. The molecule has 6 nitrogen and oxygen atoms in total. The Balaban J connectivity index is 1.97. The zero-order valence-corrected chi connectivity index (χ0v) is 18.4. The fourth-order valence-corrected chi connectivity index (χ4v) is 4.51. The van der Waals surface area contributed by atoms with Crippen LogP contribution in [0.15, 0.2) is 88.9 Å². The lowest BCUT2D eigenvalue weighted by molar-refractivity contribution is -0.137. The molecular weight excluding hydrogens is 479 g/mol. The number of carbonyl (C=O) groups excluding carboxylic acids is 1. The topological polar surface area (TPSA) is 78.8 Å². The van der Waals surface area contributed by atoms with E-state index in [4.69, 9.17) is 11.6 Å². The van der Waals surface area contributed by atoms with Crippen LogP contribution in [0.3, 0.4) is 0 Å². The molecule has 0 heterocycles. The van der Waals surface area contributed by atoms with Crippen LogP contribution in [0.25, 0.3) is 0 Å². The third-order valence-corrected chi connectivity index (χ3v) is 6.46. The van der Waals surface area contributed by atoms with Crippen LogP contribution in [0.2, 0.25) is 5.02 Å². The molecule has 0 bridgehead atoms. The van der Waals surface area contributed by atoms with Crippen molar-refractivity contribution in [1.29, 1.82) is 0 Å². The molecule has 11 heteroatoms. The molecule has 0 radical (unpaired) electrons. The van der Waals surface area contributed by atoms with E-state index < -0.39 is 39.9 Å². The number of hydrogen-bond acceptors (Lipinski definition) is 4. The molecule has 0 atom stereocenters.